The number of H-pyrrole nitrogens is 1. The van der Waals surface area contributed by atoms with Crippen molar-refractivity contribution in [2.24, 2.45) is 0 Å². The number of imidazole rings is 1. The third-order valence-electron chi connectivity index (χ3n) is 2.15. The molecule has 3 heterocycles. The second-order valence-corrected chi connectivity index (χ2v) is 3.52. The fraction of sp³-hybridized carbons (Fsp3) is 0. The molecule has 0 aliphatic carbocycles. The van der Waals surface area contributed by atoms with Crippen LogP contribution in [0.3, 0.4) is 0 Å². The van der Waals surface area contributed by atoms with Gasteiger partial charge in [-0.3, -0.25) is 4.98 Å². The van der Waals surface area contributed by atoms with Crippen molar-refractivity contribution < 1.29 is 0 Å². The largest absolute Gasteiger partial charge is 0.333 e. The van der Waals surface area contributed by atoms with Crippen molar-refractivity contribution in [1.82, 2.24) is 24.9 Å². The Kier molecular flexibility index (Phi) is 2.04. The Morgan fingerprint density at radius 1 is 1.12 bits per heavy atom. The Balaban J connectivity index is 2.23. The zero-order chi connectivity index (χ0) is 11.0. The summed E-state index contributed by atoms with van der Waals surface area (Å²) in [7, 11) is 0. The maximum atomic E-state index is 5.92. The van der Waals surface area contributed by atoms with Gasteiger partial charge in [0, 0.05) is 6.20 Å². The minimum absolute atomic E-state index is 0.361. The molecule has 1 N–H and O–H groups in total. The van der Waals surface area contributed by atoms with E-state index in [1.807, 2.05) is 18.2 Å². The highest BCUT2D eigenvalue weighted by Crippen LogP contribution is 2.20. The summed E-state index contributed by atoms with van der Waals surface area (Å²) < 4.78 is 0. The molecule has 0 aromatic carbocycles. The molecule has 16 heavy (non-hydrogen) atoms. The number of hydrogen-bond acceptors (Lipinski definition) is 4. The molecule has 0 unspecified atom stereocenters. The van der Waals surface area contributed by atoms with E-state index in [0.717, 1.165) is 5.69 Å². The Morgan fingerprint density at radius 3 is 2.81 bits per heavy atom. The standard InChI is InChI=1S/C10H6ClN5/c11-8-7-10(14-5-13-8)16-9(15-7)6-3-1-2-4-12-6/h1-5H,(H,13,14,15,16). The number of halogens is 1. The highest BCUT2D eigenvalue weighted by Gasteiger charge is 2.09. The van der Waals surface area contributed by atoms with Crippen LogP contribution in [-0.4, -0.2) is 24.9 Å². The van der Waals surface area contributed by atoms with Crippen LogP contribution in [0.2, 0.25) is 5.15 Å². The van der Waals surface area contributed by atoms with Gasteiger partial charge in [0.2, 0.25) is 0 Å². The van der Waals surface area contributed by atoms with Gasteiger partial charge in [-0.25, -0.2) is 15.0 Å². The topological polar surface area (TPSA) is 67.3 Å². The van der Waals surface area contributed by atoms with Crippen LogP contribution in [0.1, 0.15) is 0 Å². The van der Waals surface area contributed by atoms with Crippen LogP contribution in [0.25, 0.3) is 22.7 Å². The Hall–Kier alpha value is -2.01. The van der Waals surface area contributed by atoms with Crippen LogP contribution < -0.4 is 0 Å². The maximum Gasteiger partial charge on any atom is 0.182 e. The molecule has 3 aromatic heterocycles. The van der Waals surface area contributed by atoms with Crippen LogP contribution in [0.4, 0.5) is 0 Å². The molecule has 0 saturated carbocycles. The number of nitrogens with one attached hydrogen (secondary N) is 1. The molecule has 0 radical (unpaired) electrons. The first-order valence-electron chi connectivity index (χ1n) is 4.62. The summed E-state index contributed by atoms with van der Waals surface area (Å²) in [6.45, 7) is 0. The Morgan fingerprint density at radius 2 is 2.06 bits per heavy atom. The van der Waals surface area contributed by atoms with Crippen molar-refractivity contribution in [2.75, 3.05) is 0 Å². The Bertz CT molecular complexity index is 634. The summed E-state index contributed by atoms with van der Waals surface area (Å²) in [5.41, 5.74) is 1.92. The van der Waals surface area contributed by atoms with Gasteiger partial charge < -0.3 is 4.98 Å². The highest BCUT2D eigenvalue weighted by molar-refractivity contribution is 6.33. The van der Waals surface area contributed by atoms with Gasteiger partial charge in [-0.15, -0.1) is 0 Å². The second-order valence-electron chi connectivity index (χ2n) is 3.16. The van der Waals surface area contributed by atoms with Crippen molar-refractivity contribution in [3.63, 3.8) is 0 Å². The maximum absolute atomic E-state index is 5.92. The SMILES string of the molecule is Clc1ncnc2nc(-c3ccccn3)[nH]c12. The molecule has 0 amide bonds. The molecular formula is C10H6ClN5. The van der Waals surface area contributed by atoms with E-state index in [1.165, 1.54) is 6.33 Å². The van der Waals surface area contributed by atoms with Gasteiger partial charge in [0.25, 0.3) is 0 Å². The average molecular weight is 232 g/mol. The monoisotopic (exact) mass is 231 g/mol. The molecule has 0 atom stereocenters. The summed E-state index contributed by atoms with van der Waals surface area (Å²) in [4.78, 5) is 19.4. The van der Waals surface area contributed by atoms with Crippen LogP contribution in [0, 0.1) is 0 Å². The molecule has 0 fully saturated rings. The normalized spacial score (nSPS) is 10.8. The van der Waals surface area contributed by atoms with Crippen molar-refractivity contribution in [1.29, 1.82) is 0 Å². The summed E-state index contributed by atoms with van der Waals surface area (Å²) in [6.07, 6.45) is 3.09. The molecular weight excluding hydrogens is 226 g/mol. The molecule has 0 bridgehead atoms. The molecule has 0 spiro atoms. The lowest BCUT2D eigenvalue weighted by atomic mass is 10.3. The summed E-state index contributed by atoms with van der Waals surface area (Å²) in [5.74, 6) is 0.637. The van der Waals surface area contributed by atoms with Gasteiger partial charge in [-0.05, 0) is 12.1 Å². The third-order valence-corrected chi connectivity index (χ3v) is 2.44. The van der Waals surface area contributed by atoms with Crippen LogP contribution >= 0.6 is 11.6 Å². The van der Waals surface area contributed by atoms with E-state index < -0.39 is 0 Å². The molecule has 6 heteroatoms. The number of aromatic amines is 1. The fourth-order valence-electron chi connectivity index (χ4n) is 1.42. The van der Waals surface area contributed by atoms with Gasteiger partial charge in [0.15, 0.2) is 16.6 Å². The van der Waals surface area contributed by atoms with E-state index in [0.29, 0.717) is 22.1 Å². The predicted molar refractivity (Wildman–Crippen MR) is 59.9 cm³/mol. The van der Waals surface area contributed by atoms with Crippen molar-refractivity contribution >= 4 is 22.8 Å². The number of rotatable bonds is 1. The van der Waals surface area contributed by atoms with Crippen LogP contribution in [0.5, 0.6) is 0 Å². The van der Waals surface area contributed by atoms with Crippen molar-refractivity contribution in [3.05, 3.63) is 35.9 Å². The predicted octanol–water partition coefficient (Wildman–Crippen LogP) is 2.07. The lowest BCUT2D eigenvalue weighted by molar-refractivity contribution is 1.20. The average Bonchev–Trinajstić information content (AvgIpc) is 2.76. The second kappa shape index (κ2) is 3.53. The van der Waals surface area contributed by atoms with E-state index in [-0.39, 0.29) is 0 Å². The summed E-state index contributed by atoms with van der Waals surface area (Å²) in [5, 5.41) is 0.361. The zero-order valence-electron chi connectivity index (χ0n) is 8.05. The fourth-order valence-corrected chi connectivity index (χ4v) is 1.60. The number of aromatic nitrogens is 5. The Labute approximate surface area is 95.6 Å². The molecule has 3 aromatic rings. The minimum atomic E-state index is 0.361. The van der Waals surface area contributed by atoms with E-state index >= 15 is 0 Å². The number of hydrogen-bond donors (Lipinski definition) is 1. The lowest BCUT2D eigenvalue weighted by Crippen LogP contribution is -1.83. The highest BCUT2D eigenvalue weighted by atomic mass is 35.5. The first kappa shape index (κ1) is 9.23. The summed E-state index contributed by atoms with van der Waals surface area (Å²) >= 11 is 5.92. The molecule has 3 rings (SSSR count). The number of pyridine rings is 1. The first-order chi connectivity index (χ1) is 7.84. The lowest BCUT2D eigenvalue weighted by Gasteiger charge is -1.92. The third kappa shape index (κ3) is 1.42. The van der Waals surface area contributed by atoms with Gasteiger partial charge in [0.05, 0.1) is 0 Å². The molecule has 0 aliphatic rings. The zero-order valence-corrected chi connectivity index (χ0v) is 8.81. The van der Waals surface area contributed by atoms with E-state index in [1.54, 1.807) is 6.20 Å². The van der Waals surface area contributed by atoms with E-state index in [9.17, 15) is 0 Å². The molecule has 78 valence electrons. The molecule has 0 aliphatic heterocycles. The quantitative estimate of drug-likeness (QED) is 0.651. The van der Waals surface area contributed by atoms with Crippen molar-refractivity contribution in [2.45, 2.75) is 0 Å². The number of nitrogens with zero attached hydrogens (tertiary/aromatic N) is 4. The van der Waals surface area contributed by atoms with Crippen LogP contribution in [-0.2, 0) is 0 Å². The van der Waals surface area contributed by atoms with Gasteiger partial charge >= 0.3 is 0 Å². The molecule has 0 saturated heterocycles. The number of fused-ring (bicyclic) bond motifs is 1. The van der Waals surface area contributed by atoms with E-state index in [4.69, 9.17) is 11.6 Å². The van der Waals surface area contributed by atoms with Gasteiger partial charge in [0.1, 0.15) is 17.5 Å². The van der Waals surface area contributed by atoms with Crippen LogP contribution in [0.15, 0.2) is 30.7 Å². The summed E-state index contributed by atoms with van der Waals surface area (Å²) in [6, 6.07) is 5.60. The first-order valence-corrected chi connectivity index (χ1v) is 5.00. The minimum Gasteiger partial charge on any atom is -0.333 e. The van der Waals surface area contributed by atoms with E-state index in [2.05, 4.69) is 24.9 Å². The smallest absolute Gasteiger partial charge is 0.182 e. The van der Waals surface area contributed by atoms with Gasteiger partial charge in [-0.2, -0.15) is 0 Å². The van der Waals surface area contributed by atoms with Crippen molar-refractivity contribution in [3.8, 4) is 11.5 Å². The molecule has 5 nitrogen and oxygen atoms in total. The van der Waals surface area contributed by atoms with Gasteiger partial charge in [-0.1, -0.05) is 17.7 Å².